The van der Waals surface area contributed by atoms with E-state index in [1.54, 1.807) is 24.1 Å². The van der Waals surface area contributed by atoms with Crippen LogP contribution in [0.5, 0.6) is 0 Å². The molecular weight excluding hydrogens is 327 g/mol. The average molecular weight is 348 g/mol. The van der Waals surface area contributed by atoms with Crippen molar-refractivity contribution in [2.75, 3.05) is 45.2 Å². The van der Waals surface area contributed by atoms with Gasteiger partial charge >= 0.3 is 0 Å². The Morgan fingerprint density at radius 1 is 1.48 bits per heavy atom. The van der Waals surface area contributed by atoms with Crippen molar-refractivity contribution in [2.24, 2.45) is 5.92 Å². The minimum atomic E-state index is -0.586. The molecule has 0 radical (unpaired) electrons. The Morgan fingerprint density at radius 3 is 3.00 bits per heavy atom. The first-order valence-corrected chi connectivity index (χ1v) is 8.03. The number of rotatable bonds is 8. The summed E-state index contributed by atoms with van der Waals surface area (Å²) >= 11 is 0. The molecule has 134 valence electrons. The SMILES string of the molecule is COCCN1C[C@@H](C(=O)NCCNc2cccc(F)c2C#N)CC1=O. The highest BCUT2D eigenvalue weighted by Gasteiger charge is 2.33. The van der Waals surface area contributed by atoms with Crippen molar-refractivity contribution in [3.63, 3.8) is 0 Å². The number of amides is 2. The summed E-state index contributed by atoms with van der Waals surface area (Å²) in [4.78, 5) is 25.6. The second-order valence-electron chi connectivity index (χ2n) is 5.73. The summed E-state index contributed by atoms with van der Waals surface area (Å²) in [6.45, 7) is 1.97. The van der Waals surface area contributed by atoms with Gasteiger partial charge < -0.3 is 20.3 Å². The zero-order chi connectivity index (χ0) is 18.2. The number of hydrogen-bond acceptors (Lipinski definition) is 5. The van der Waals surface area contributed by atoms with Gasteiger partial charge in [-0.3, -0.25) is 9.59 Å². The number of anilines is 1. The van der Waals surface area contributed by atoms with Gasteiger partial charge in [0.2, 0.25) is 11.8 Å². The summed E-state index contributed by atoms with van der Waals surface area (Å²) in [6, 6.07) is 6.14. The van der Waals surface area contributed by atoms with Crippen LogP contribution in [-0.2, 0) is 14.3 Å². The van der Waals surface area contributed by atoms with Gasteiger partial charge in [-0.05, 0) is 12.1 Å². The number of likely N-dealkylation sites (tertiary alicyclic amines) is 1. The summed E-state index contributed by atoms with van der Waals surface area (Å²) in [5, 5.41) is 14.6. The van der Waals surface area contributed by atoms with E-state index in [1.165, 1.54) is 12.1 Å². The Bertz CT molecular complexity index is 674. The molecule has 2 rings (SSSR count). The van der Waals surface area contributed by atoms with Crippen molar-refractivity contribution in [3.8, 4) is 6.07 Å². The second kappa shape index (κ2) is 8.99. The monoisotopic (exact) mass is 348 g/mol. The maximum absolute atomic E-state index is 13.5. The fraction of sp³-hybridized carbons (Fsp3) is 0.471. The number of nitriles is 1. The van der Waals surface area contributed by atoms with Gasteiger partial charge in [-0.1, -0.05) is 6.07 Å². The molecule has 1 saturated heterocycles. The normalized spacial score (nSPS) is 16.6. The number of carbonyl (C=O) groups excluding carboxylic acids is 2. The standard InChI is InChI=1S/C17H21FN4O3/c1-25-8-7-22-11-12(9-16(22)23)17(24)21-6-5-20-15-4-2-3-14(18)13(15)10-19/h2-4,12,20H,5-9,11H2,1H3,(H,21,24)/t12-/m0/s1. The Labute approximate surface area is 145 Å². The van der Waals surface area contributed by atoms with E-state index in [0.29, 0.717) is 38.5 Å². The number of benzene rings is 1. The topological polar surface area (TPSA) is 94.5 Å². The van der Waals surface area contributed by atoms with Crippen LogP contribution in [0.25, 0.3) is 0 Å². The van der Waals surface area contributed by atoms with Gasteiger partial charge in [0, 0.05) is 39.7 Å². The number of nitrogens with one attached hydrogen (secondary N) is 2. The van der Waals surface area contributed by atoms with Crippen LogP contribution >= 0.6 is 0 Å². The van der Waals surface area contributed by atoms with E-state index < -0.39 is 5.82 Å². The first-order valence-electron chi connectivity index (χ1n) is 8.03. The van der Waals surface area contributed by atoms with E-state index in [2.05, 4.69) is 10.6 Å². The lowest BCUT2D eigenvalue weighted by Crippen LogP contribution is -2.36. The van der Waals surface area contributed by atoms with Gasteiger partial charge in [-0.25, -0.2) is 4.39 Å². The molecule has 2 amide bonds. The molecule has 1 aromatic carbocycles. The number of nitrogens with zero attached hydrogens (tertiary/aromatic N) is 2. The number of methoxy groups -OCH3 is 1. The van der Waals surface area contributed by atoms with E-state index >= 15 is 0 Å². The summed E-state index contributed by atoms with van der Waals surface area (Å²) in [5.74, 6) is -1.19. The third-order valence-electron chi connectivity index (χ3n) is 4.02. The van der Waals surface area contributed by atoms with E-state index in [0.717, 1.165) is 0 Å². The second-order valence-corrected chi connectivity index (χ2v) is 5.73. The zero-order valence-electron chi connectivity index (χ0n) is 14.0. The maximum atomic E-state index is 13.5. The van der Waals surface area contributed by atoms with Gasteiger partial charge in [0.15, 0.2) is 0 Å². The minimum Gasteiger partial charge on any atom is -0.383 e. The van der Waals surface area contributed by atoms with Gasteiger partial charge in [0.25, 0.3) is 0 Å². The molecule has 1 aromatic rings. The molecule has 0 bridgehead atoms. The van der Waals surface area contributed by atoms with E-state index in [9.17, 15) is 14.0 Å². The molecule has 25 heavy (non-hydrogen) atoms. The molecule has 0 spiro atoms. The van der Waals surface area contributed by atoms with Crippen molar-refractivity contribution < 1.29 is 18.7 Å². The number of ether oxygens (including phenoxy) is 1. The molecule has 1 aliphatic heterocycles. The number of halogens is 1. The van der Waals surface area contributed by atoms with Crippen LogP contribution in [0.4, 0.5) is 10.1 Å². The van der Waals surface area contributed by atoms with Crippen LogP contribution in [0.1, 0.15) is 12.0 Å². The van der Waals surface area contributed by atoms with Gasteiger partial charge in [-0.2, -0.15) is 5.26 Å². The van der Waals surface area contributed by atoms with Gasteiger partial charge in [0.1, 0.15) is 17.4 Å². The van der Waals surface area contributed by atoms with Crippen LogP contribution in [0.2, 0.25) is 0 Å². The molecule has 1 heterocycles. The quantitative estimate of drug-likeness (QED) is 0.675. The predicted molar refractivity (Wildman–Crippen MR) is 89.2 cm³/mol. The lowest BCUT2D eigenvalue weighted by atomic mass is 10.1. The smallest absolute Gasteiger partial charge is 0.225 e. The van der Waals surface area contributed by atoms with Crippen LogP contribution in [0, 0.1) is 23.1 Å². The first kappa shape index (κ1) is 18.7. The highest BCUT2D eigenvalue weighted by Crippen LogP contribution is 2.18. The minimum absolute atomic E-state index is 0.0475. The van der Waals surface area contributed by atoms with Crippen molar-refractivity contribution in [1.29, 1.82) is 5.26 Å². The van der Waals surface area contributed by atoms with Crippen LogP contribution < -0.4 is 10.6 Å². The fourth-order valence-electron chi connectivity index (χ4n) is 2.68. The van der Waals surface area contributed by atoms with Gasteiger partial charge in [0.05, 0.1) is 18.2 Å². The highest BCUT2D eigenvalue weighted by atomic mass is 19.1. The molecular formula is C17H21FN4O3. The average Bonchev–Trinajstić information content (AvgIpc) is 2.97. The lowest BCUT2D eigenvalue weighted by Gasteiger charge is -2.16. The molecule has 1 atom stereocenters. The Morgan fingerprint density at radius 2 is 2.28 bits per heavy atom. The predicted octanol–water partition coefficient (Wildman–Crippen LogP) is 0.720. The molecule has 0 unspecified atom stereocenters. The molecule has 0 aliphatic carbocycles. The Balaban J connectivity index is 1.76. The fourth-order valence-corrected chi connectivity index (χ4v) is 2.68. The molecule has 1 fully saturated rings. The summed E-state index contributed by atoms with van der Waals surface area (Å²) in [7, 11) is 1.56. The largest absolute Gasteiger partial charge is 0.383 e. The molecule has 0 aromatic heterocycles. The van der Waals surface area contributed by atoms with Crippen LogP contribution in [-0.4, -0.2) is 56.6 Å². The Hall–Kier alpha value is -2.66. The molecule has 8 heteroatoms. The van der Waals surface area contributed by atoms with Crippen molar-refractivity contribution in [1.82, 2.24) is 10.2 Å². The molecule has 1 aliphatic rings. The summed E-state index contributed by atoms with van der Waals surface area (Å²) in [5.41, 5.74) is 0.336. The van der Waals surface area contributed by atoms with Crippen molar-refractivity contribution >= 4 is 17.5 Å². The van der Waals surface area contributed by atoms with Crippen LogP contribution in [0.3, 0.4) is 0 Å². The summed E-state index contributed by atoms with van der Waals surface area (Å²) < 4.78 is 18.4. The highest BCUT2D eigenvalue weighted by molar-refractivity contribution is 5.89. The molecule has 2 N–H and O–H groups in total. The van der Waals surface area contributed by atoms with Crippen LogP contribution in [0.15, 0.2) is 18.2 Å². The van der Waals surface area contributed by atoms with Crippen molar-refractivity contribution in [3.05, 3.63) is 29.6 Å². The van der Waals surface area contributed by atoms with Crippen molar-refractivity contribution in [2.45, 2.75) is 6.42 Å². The lowest BCUT2D eigenvalue weighted by molar-refractivity contribution is -0.129. The zero-order valence-corrected chi connectivity index (χ0v) is 14.0. The maximum Gasteiger partial charge on any atom is 0.225 e. The molecule has 0 saturated carbocycles. The Kier molecular flexibility index (Phi) is 6.71. The van der Waals surface area contributed by atoms with E-state index in [4.69, 9.17) is 10.00 Å². The third kappa shape index (κ3) is 4.90. The number of carbonyl (C=O) groups is 2. The third-order valence-corrected chi connectivity index (χ3v) is 4.02. The summed E-state index contributed by atoms with van der Waals surface area (Å²) in [6.07, 6.45) is 0.200. The van der Waals surface area contributed by atoms with Gasteiger partial charge in [-0.15, -0.1) is 0 Å². The first-order chi connectivity index (χ1) is 12.1. The van der Waals surface area contributed by atoms with E-state index in [1.807, 2.05) is 0 Å². The molecule has 7 nitrogen and oxygen atoms in total. The number of hydrogen-bond donors (Lipinski definition) is 2. The van der Waals surface area contributed by atoms with E-state index in [-0.39, 0.29) is 29.7 Å².